The van der Waals surface area contributed by atoms with Crippen LogP contribution in [-0.4, -0.2) is 9.78 Å². The topological polar surface area (TPSA) is 29.9 Å². The number of nitrogens with zero attached hydrogens (tertiary/aromatic N) is 2. The molecule has 0 aliphatic carbocycles. The van der Waals surface area contributed by atoms with Crippen molar-refractivity contribution in [2.24, 2.45) is 7.05 Å². The number of benzene rings is 1. The molecule has 1 aromatic carbocycles. The third-order valence-electron chi connectivity index (χ3n) is 3.38. The molecule has 0 unspecified atom stereocenters. The van der Waals surface area contributed by atoms with E-state index in [9.17, 15) is 0 Å². The molecule has 19 heavy (non-hydrogen) atoms. The molecular formula is C15H20BrN3. The summed E-state index contributed by atoms with van der Waals surface area (Å²) in [6.07, 6.45) is 0.947. The minimum absolute atomic E-state index is 0.327. The second-order valence-electron chi connectivity index (χ2n) is 4.70. The molecule has 0 saturated heterocycles. The minimum Gasteiger partial charge on any atom is -0.305 e. The van der Waals surface area contributed by atoms with Crippen LogP contribution >= 0.6 is 15.9 Å². The minimum atomic E-state index is 0.327. The highest BCUT2D eigenvalue weighted by Crippen LogP contribution is 2.22. The first-order valence-corrected chi connectivity index (χ1v) is 7.41. The van der Waals surface area contributed by atoms with Gasteiger partial charge in [0.2, 0.25) is 0 Å². The first-order chi connectivity index (χ1) is 9.13. The van der Waals surface area contributed by atoms with E-state index in [1.807, 2.05) is 17.8 Å². The van der Waals surface area contributed by atoms with Gasteiger partial charge in [0.05, 0.1) is 15.9 Å². The highest BCUT2D eigenvalue weighted by Gasteiger charge is 2.13. The Bertz CT molecular complexity index is 534. The van der Waals surface area contributed by atoms with Crippen LogP contribution in [0.4, 0.5) is 0 Å². The van der Waals surface area contributed by atoms with Gasteiger partial charge >= 0.3 is 0 Å². The van der Waals surface area contributed by atoms with Crippen molar-refractivity contribution in [3.63, 3.8) is 0 Å². The van der Waals surface area contributed by atoms with E-state index < -0.39 is 0 Å². The molecule has 0 radical (unpaired) electrons. The summed E-state index contributed by atoms with van der Waals surface area (Å²) < 4.78 is 3.08. The Balaban J connectivity index is 2.05. The quantitative estimate of drug-likeness (QED) is 0.911. The molecule has 1 heterocycles. The lowest BCUT2D eigenvalue weighted by atomic mass is 10.1. The lowest BCUT2D eigenvalue weighted by molar-refractivity contribution is 0.547. The fourth-order valence-corrected chi connectivity index (χ4v) is 2.88. The van der Waals surface area contributed by atoms with Crippen LogP contribution in [0.3, 0.4) is 0 Å². The second-order valence-corrected chi connectivity index (χ2v) is 5.49. The Morgan fingerprint density at radius 1 is 1.32 bits per heavy atom. The van der Waals surface area contributed by atoms with Crippen molar-refractivity contribution in [2.75, 3.05) is 0 Å². The summed E-state index contributed by atoms with van der Waals surface area (Å²) in [5.74, 6) is 0. The summed E-state index contributed by atoms with van der Waals surface area (Å²) in [6, 6.07) is 10.8. The third-order valence-corrected chi connectivity index (χ3v) is 4.29. The van der Waals surface area contributed by atoms with Crippen LogP contribution in [0.2, 0.25) is 0 Å². The Hall–Kier alpha value is -1.13. The maximum atomic E-state index is 4.51. The molecule has 0 bridgehead atoms. The van der Waals surface area contributed by atoms with E-state index in [0.717, 1.165) is 23.1 Å². The van der Waals surface area contributed by atoms with Gasteiger partial charge in [0.25, 0.3) is 0 Å². The highest BCUT2D eigenvalue weighted by molar-refractivity contribution is 9.10. The fraction of sp³-hybridized carbons (Fsp3) is 0.400. The summed E-state index contributed by atoms with van der Waals surface area (Å²) in [4.78, 5) is 0. The largest absolute Gasteiger partial charge is 0.305 e. The first-order valence-electron chi connectivity index (χ1n) is 6.62. The smallest absolute Gasteiger partial charge is 0.0767 e. The molecule has 1 aromatic heterocycles. The number of nitrogens with one attached hydrogen (secondary N) is 1. The van der Waals surface area contributed by atoms with Gasteiger partial charge in [0.15, 0.2) is 0 Å². The SMILES string of the molecule is CCc1nn(C)c(CN[C@@H](C)c2ccccc2)c1Br. The predicted molar refractivity (Wildman–Crippen MR) is 82.0 cm³/mol. The standard InChI is InChI=1S/C15H20BrN3/c1-4-13-15(16)14(19(3)18-13)10-17-11(2)12-8-6-5-7-9-12/h5-9,11,17H,4,10H2,1-3H3/t11-/m0/s1. The number of hydrogen-bond donors (Lipinski definition) is 1. The average Bonchev–Trinajstić information content (AvgIpc) is 2.72. The second kappa shape index (κ2) is 6.35. The molecule has 0 fully saturated rings. The first kappa shape index (κ1) is 14.3. The van der Waals surface area contributed by atoms with Gasteiger partial charge in [-0.3, -0.25) is 4.68 Å². The van der Waals surface area contributed by atoms with Crippen LogP contribution in [0, 0.1) is 0 Å². The normalized spacial score (nSPS) is 12.6. The average molecular weight is 322 g/mol. The van der Waals surface area contributed by atoms with Crippen LogP contribution in [-0.2, 0) is 20.0 Å². The van der Waals surface area contributed by atoms with Crippen LogP contribution in [0.5, 0.6) is 0 Å². The van der Waals surface area contributed by atoms with E-state index in [1.165, 1.54) is 11.3 Å². The Morgan fingerprint density at radius 2 is 2.00 bits per heavy atom. The number of aryl methyl sites for hydroxylation is 2. The lowest BCUT2D eigenvalue weighted by Crippen LogP contribution is -2.20. The van der Waals surface area contributed by atoms with E-state index >= 15 is 0 Å². The fourth-order valence-electron chi connectivity index (χ4n) is 2.12. The summed E-state index contributed by atoms with van der Waals surface area (Å²) >= 11 is 3.65. The van der Waals surface area contributed by atoms with Crippen molar-refractivity contribution >= 4 is 15.9 Å². The molecule has 0 aliphatic heterocycles. The predicted octanol–water partition coefficient (Wildman–Crippen LogP) is 3.60. The zero-order valence-corrected chi connectivity index (χ0v) is 13.2. The van der Waals surface area contributed by atoms with Gasteiger partial charge < -0.3 is 5.32 Å². The molecule has 0 saturated carbocycles. The van der Waals surface area contributed by atoms with Gasteiger partial charge in [-0.25, -0.2) is 0 Å². The number of rotatable bonds is 5. The van der Waals surface area contributed by atoms with Crippen molar-refractivity contribution < 1.29 is 0 Å². The van der Waals surface area contributed by atoms with E-state index in [0.29, 0.717) is 6.04 Å². The van der Waals surface area contributed by atoms with Crippen molar-refractivity contribution in [1.82, 2.24) is 15.1 Å². The summed E-state index contributed by atoms with van der Waals surface area (Å²) in [7, 11) is 1.99. The van der Waals surface area contributed by atoms with Gasteiger partial charge in [-0.05, 0) is 34.8 Å². The van der Waals surface area contributed by atoms with Gasteiger partial charge in [0, 0.05) is 19.6 Å². The van der Waals surface area contributed by atoms with Crippen LogP contribution in [0.1, 0.15) is 36.8 Å². The van der Waals surface area contributed by atoms with Gasteiger partial charge in [-0.15, -0.1) is 0 Å². The zero-order valence-electron chi connectivity index (χ0n) is 11.7. The van der Waals surface area contributed by atoms with Crippen LogP contribution in [0.15, 0.2) is 34.8 Å². The molecule has 1 atom stereocenters. The van der Waals surface area contributed by atoms with Crippen molar-refractivity contribution in [3.05, 3.63) is 51.8 Å². The molecule has 2 rings (SSSR count). The summed E-state index contributed by atoms with van der Waals surface area (Å²) in [5.41, 5.74) is 3.61. The molecule has 0 amide bonds. The van der Waals surface area contributed by atoms with Crippen molar-refractivity contribution in [3.8, 4) is 0 Å². The molecular weight excluding hydrogens is 302 g/mol. The molecule has 1 N–H and O–H groups in total. The number of aromatic nitrogens is 2. The Morgan fingerprint density at radius 3 is 2.58 bits per heavy atom. The van der Waals surface area contributed by atoms with Gasteiger partial charge in [-0.1, -0.05) is 37.3 Å². The lowest BCUT2D eigenvalue weighted by Gasteiger charge is -2.14. The molecule has 102 valence electrons. The molecule has 0 aliphatic rings. The maximum absolute atomic E-state index is 4.51. The molecule has 4 heteroatoms. The third kappa shape index (κ3) is 3.25. The van der Waals surface area contributed by atoms with Crippen LogP contribution in [0.25, 0.3) is 0 Å². The van der Waals surface area contributed by atoms with E-state index in [1.54, 1.807) is 0 Å². The van der Waals surface area contributed by atoms with E-state index in [-0.39, 0.29) is 0 Å². The Labute approximate surface area is 123 Å². The molecule has 2 aromatic rings. The maximum Gasteiger partial charge on any atom is 0.0767 e. The summed E-state index contributed by atoms with van der Waals surface area (Å²) in [5, 5.41) is 8.05. The zero-order chi connectivity index (χ0) is 13.8. The molecule has 3 nitrogen and oxygen atoms in total. The van der Waals surface area contributed by atoms with E-state index in [4.69, 9.17) is 0 Å². The number of hydrogen-bond acceptors (Lipinski definition) is 2. The highest BCUT2D eigenvalue weighted by atomic mass is 79.9. The van der Waals surface area contributed by atoms with Gasteiger partial charge in [-0.2, -0.15) is 5.10 Å². The van der Waals surface area contributed by atoms with Gasteiger partial charge in [0.1, 0.15) is 0 Å². The van der Waals surface area contributed by atoms with Crippen molar-refractivity contribution in [1.29, 1.82) is 0 Å². The van der Waals surface area contributed by atoms with Crippen LogP contribution < -0.4 is 5.32 Å². The summed E-state index contributed by atoms with van der Waals surface area (Å²) in [6.45, 7) is 5.11. The monoisotopic (exact) mass is 321 g/mol. The van der Waals surface area contributed by atoms with Crippen molar-refractivity contribution in [2.45, 2.75) is 32.9 Å². The number of halogens is 1. The molecule has 0 spiro atoms. The Kier molecular flexibility index (Phi) is 4.77. The van der Waals surface area contributed by atoms with E-state index in [2.05, 4.69) is 64.5 Å².